The number of aryl methyl sites for hydroxylation is 2. The number of sulfone groups is 1. The molecular weight excluding hydrogens is 455 g/mol. The molecule has 34 heavy (non-hydrogen) atoms. The van der Waals surface area contributed by atoms with Crippen LogP contribution < -0.4 is 5.32 Å². The Morgan fingerprint density at radius 2 is 1.85 bits per heavy atom. The molecule has 0 spiro atoms. The van der Waals surface area contributed by atoms with Gasteiger partial charge in [-0.25, -0.2) is 22.5 Å². The Balaban J connectivity index is 1.69. The number of fused-ring (bicyclic) bond motifs is 1. The zero-order valence-electron chi connectivity index (χ0n) is 18.7. The number of hydrogen-bond acceptors (Lipinski definition) is 5. The molecule has 0 radical (unpaired) electrons. The van der Waals surface area contributed by atoms with Crippen LogP contribution in [0.2, 0.25) is 0 Å². The fraction of sp³-hybridized carbons (Fsp3) is 0.240. The SMILES string of the molecule is Cc1ccc(NC(=O)c2cc(-c3ccccc3F)nc3c2c(C)nn3C2CCS(=O)(=O)C2)cc1. The molecule has 1 saturated heterocycles. The number of pyridine rings is 1. The summed E-state index contributed by atoms with van der Waals surface area (Å²) in [5.74, 6) is -0.813. The van der Waals surface area contributed by atoms with E-state index in [2.05, 4.69) is 15.4 Å². The molecule has 0 aliphatic carbocycles. The van der Waals surface area contributed by atoms with E-state index in [1.165, 1.54) is 6.07 Å². The third-order valence-electron chi connectivity index (χ3n) is 6.10. The molecule has 1 atom stereocenters. The first-order valence-electron chi connectivity index (χ1n) is 10.9. The van der Waals surface area contributed by atoms with Crippen LogP contribution >= 0.6 is 0 Å². The molecule has 0 bridgehead atoms. The summed E-state index contributed by atoms with van der Waals surface area (Å²) < 4.78 is 40.5. The third-order valence-corrected chi connectivity index (χ3v) is 7.85. The topological polar surface area (TPSA) is 93.9 Å². The van der Waals surface area contributed by atoms with E-state index in [1.807, 2.05) is 31.2 Å². The lowest BCUT2D eigenvalue weighted by atomic mass is 10.0. The van der Waals surface area contributed by atoms with Crippen LogP contribution in [0.15, 0.2) is 54.6 Å². The van der Waals surface area contributed by atoms with Crippen molar-refractivity contribution in [3.63, 3.8) is 0 Å². The van der Waals surface area contributed by atoms with Gasteiger partial charge < -0.3 is 5.32 Å². The Kier molecular flexibility index (Phi) is 5.44. The summed E-state index contributed by atoms with van der Waals surface area (Å²) >= 11 is 0. The van der Waals surface area contributed by atoms with Gasteiger partial charge in [-0.2, -0.15) is 5.10 Å². The van der Waals surface area contributed by atoms with Gasteiger partial charge in [-0.05, 0) is 50.6 Å². The lowest BCUT2D eigenvalue weighted by Crippen LogP contribution is -2.15. The van der Waals surface area contributed by atoms with E-state index in [9.17, 15) is 17.6 Å². The van der Waals surface area contributed by atoms with Crippen LogP contribution in [0, 0.1) is 19.7 Å². The van der Waals surface area contributed by atoms with Crippen LogP contribution in [0.4, 0.5) is 10.1 Å². The Bertz CT molecular complexity index is 1530. The van der Waals surface area contributed by atoms with Crippen molar-refractivity contribution in [1.82, 2.24) is 14.8 Å². The minimum Gasteiger partial charge on any atom is -0.322 e. The number of nitrogens with one attached hydrogen (secondary N) is 1. The average molecular weight is 479 g/mol. The number of carbonyl (C=O) groups excluding carboxylic acids is 1. The summed E-state index contributed by atoms with van der Waals surface area (Å²) in [5, 5.41) is 7.99. The van der Waals surface area contributed by atoms with E-state index in [4.69, 9.17) is 0 Å². The maximum atomic E-state index is 14.7. The summed E-state index contributed by atoms with van der Waals surface area (Å²) in [4.78, 5) is 18.1. The molecular formula is C25H23FN4O3S. The molecule has 3 heterocycles. The Morgan fingerprint density at radius 3 is 2.53 bits per heavy atom. The second-order valence-electron chi connectivity index (χ2n) is 8.64. The molecule has 4 aromatic rings. The van der Waals surface area contributed by atoms with Gasteiger partial charge in [-0.15, -0.1) is 0 Å². The summed E-state index contributed by atoms with van der Waals surface area (Å²) in [6.45, 7) is 3.72. The molecule has 1 unspecified atom stereocenters. The highest BCUT2D eigenvalue weighted by Gasteiger charge is 2.32. The fourth-order valence-electron chi connectivity index (χ4n) is 4.36. The molecule has 7 nitrogen and oxygen atoms in total. The van der Waals surface area contributed by atoms with Gasteiger partial charge in [0.25, 0.3) is 5.91 Å². The van der Waals surface area contributed by atoms with Crippen molar-refractivity contribution in [1.29, 1.82) is 0 Å². The highest BCUT2D eigenvalue weighted by molar-refractivity contribution is 7.91. The van der Waals surface area contributed by atoms with Gasteiger partial charge in [0.05, 0.1) is 39.9 Å². The normalized spacial score (nSPS) is 17.2. The highest BCUT2D eigenvalue weighted by Crippen LogP contribution is 2.33. The number of amides is 1. The maximum Gasteiger partial charge on any atom is 0.256 e. The van der Waals surface area contributed by atoms with E-state index >= 15 is 0 Å². The average Bonchev–Trinajstić information content (AvgIpc) is 3.33. The monoisotopic (exact) mass is 478 g/mol. The van der Waals surface area contributed by atoms with Gasteiger partial charge in [0.2, 0.25) is 0 Å². The zero-order chi connectivity index (χ0) is 24.0. The molecule has 0 saturated carbocycles. The van der Waals surface area contributed by atoms with E-state index in [0.717, 1.165) is 5.56 Å². The van der Waals surface area contributed by atoms with Gasteiger partial charge in [0.1, 0.15) is 5.82 Å². The standard InChI is InChI=1S/C25H23FN4O3S/c1-15-7-9-17(10-8-15)27-25(31)20-13-22(19-5-3-4-6-21(19)26)28-24-23(20)16(2)29-30(24)18-11-12-34(32,33)14-18/h3-10,13,18H,11-12,14H2,1-2H3,(H,27,31). The molecule has 1 aliphatic rings. The number of nitrogens with zero attached hydrogens (tertiary/aromatic N) is 3. The maximum absolute atomic E-state index is 14.7. The predicted molar refractivity (Wildman–Crippen MR) is 129 cm³/mol. The lowest BCUT2D eigenvalue weighted by molar-refractivity contribution is 0.102. The number of carbonyl (C=O) groups is 1. The fourth-order valence-corrected chi connectivity index (χ4v) is 6.05. The van der Waals surface area contributed by atoms with Gasteiger partial charge in [0.15, 0.2) is 15.5 Å². The summed E-state index contributed by atoms with van der Waals surface area (Å²) in [6, 6.07) is 14.8. The lowest BCUT2D eigenvalue weighted by Gasteiger charge is -2.13. The van der Waals surface area contributed by atoms with Crippen LogP contribution in [-0.4, -0.2) is 40.6 Å². The summed E-state index contributed by atoms with van der Waals surface area (Å²) in [5.41, 5.74) is 3.44. The van der Waals surface area contributed by atoms with Crippen LogP contribution in [0.5, 0.6) is 0 Å². The van der Waals surface area contributed by atoms with Crippen LogP contribution in [0.1, 0.15) is 34.1 Å². The second-order valence-corrected chi connectivity index (χ2v) is 10.9. The molecule has 1 fully saturated rings. The van der Waals surface area contributed by atoms with Gasteiger partial charge in [-0.3, -0.25) is 4.79 Å². The van der Waals surface area contributed by atoms with Gasteiger partial charge in [0, 0.05) is 11.3 Å². The molecule has 1 amide bonds. The zero-order valence-corrected chi connectivity index (χ0v) is 19.6. The highest BCUT2D eigenvalue weighted by atomic mass is 32.2. The first kappa shape index (κ1) is 22.2. The smallest absolute Gasteiger partial charge is 0.256 e. The van der Waals surface area contributed by atoms with Crippen molar-refractivity contribution in [2.24, 2.45) is 0 Å². The van der Waals surface area contributed by atoms with E-state index < -0.39 is 21.7 Å². The Morgan fingerprint density at radius 1 is 1.12 bits per heavy atom. The number of rotatable bonds is 4. The van der Waals surface area contributed by atoms with Crippen molar-refractivity contribution in [2.45, 2.75) is 26.3 Å². The minimum absolute atomic E-state index is 0.0419. The minimum atomic E-state index is -3.17. The Labute approximate surface area is 196 Å². The van der Waals surface area contributed by atoms with Crippen LogP contribution in [-0.2, 0) is 9.84 Å². The van der Waals surface area contributed by atoms with Crippen molar-refractivity contribution < 1.29 is 17.6 Å². The van der Waals surface area contributed by atoms with E-state index in [1.54, 1.807) is 35.9 Å². The van der Waals surface area contributed by atoms with Crippen molar-refractivity contribution in [2.75, 3.05) is 16.8 Å². The Hall–Kier alpha value is -3.59. The first-order valence-corrected chi connectivity index (χ1v) is 12.8. The van der Waals surface area contributed by atoms with Crippen LogP contribution in [0.3, 0.4) is 0 Å². The first-order chi connectivity index (χ1) is 16.2. The molecule has 1 aliphatic heterocycles. The molecule has 9 heteroatoms. The molecule has 1 N–H and O–H groups in total. The van der Waals surface area contributed by atoms with E-state index in [0.29, 0.717) is 34.4 Å². The molecule has 2 aromatic carbocycles. The van der Waals surface area contributed by atoms with Crippen LogP contribution in [0.25, 0.3) is 22.3 Å². The third kappa shape index (κ3) is 4.07. The summed E-state index contributed by atoms with van der Waals surface area (Å²) in [7, 11) is -3.17. The molecule has 174 valence electrons. The molecule has 5 rings (SSSR count). The largest absolute Gasteiger partial charge is 0.322 e. The quantitative estimate of drug-likeness (QED) is 0.467. The van der Waals surface area contributed by atoms with Crippen molar-refractivity contribution >= 4 is 32.5 Å². The number of anilines is 1. The van der Waals surface area contributed by atoms with Crippen molar-refractivity contribution in [3.8, 4) is 11.3 Å². The predicted octanol–water partition coefficient (Wildman–Crippen LogP) is 4.47. The van der Waals surface area contributed by atoms with Crippen molar-refractivity contribution in [3.05, 3.63) is 77.2 Å². The summed E-state index contributed by atoms with van der Waals surface area (Å²) in [6.07, 6.45) is 0.412. The van der Waals surface area contributed by atoms with E-state index in [-0.39, 0.29) is 28.7 Å². The number of benzene rings is 2. The number of halogens is 1. The number of hydrogen-bond donors (Lipinski definition) is 1. The van der Waals surface area contributed by atoms with Gasteiger partial charge >= 0.3 is 0 Å². The number of aromatic nitrogens is 3. The van der Waals surface area contributed by atoms with Gasteiger partial charge in [-0.1, -0.05) is 29.8 Å². The second kappa shape index (κ2) is 8.32. The molecule has 2 aromatic heterocycles.